The molecule has 0 unspecified atom stereocenters. The van der Waals surface area contributed by atoms with Crippen LogP contribution in [0.15, 0.2) is 42.9 Å². The van der Waals surface area contributed by atoms with Gasteiger partial charge in [-0.15, -0.1) is 0 Å². The first-order valence-electron chi connectivity index (χ1n) is 6.36. The molecule has 22 heavy (non-hydrogen) atoms. The lowest BCUT2D eigenvalue weighted by molar-refractivity contribution is 0.0599. The Morgan fingerprint density at radius 3 is 2.77 bits per heavy atom. The summed E-state index contributed by atoms with van der Waals surface area (Å²) in [7, 11) is 1.27. The van der Waals surface area contributed by atoms with Crippen molar-refractivity contribution in [2.75, 3.05) is 7.11 Å². The minimum atomic E-state index is -1.17. The quantitative estimate of drug-likeness (QED) is 0.742. The minimum Gasteiger partial charge on any atom is -0.476 e. The van der Waals surface area contributed by atoms with E-state index in [4.69, 9.17) is 0 Å². The van der Waals surface area contributed by atoms with Crippen LogP contribution in [0.2, 0.25) is 0 Å². The van der Waals surface area contributed by atoms with Gasteiger partial charge >= 0.3 is 11.9 Å². The molecule has 0 radical (unpaired) electrons. The minimum absolute atomic E-state index is 0.135. The average molecular weight is 297 g/mol. The van der Waals surface area contributed by atoms with Gasteiger partial charge < -0.3 is 9.84 Å². The number of imidazole rings is 1. The Morgan fingerprint density at radius 1 is 1.32 bits per heavy atom. The van der Waals surface area contributed by atoms with E-state index in [9.17, 15) is 14.7 Å². The first-order valence-corrected chi connectivity index (χ1v) is 6.36. The number of ether oxygens (including phenoxy) is 1. The molecule has 1 N–H and O–H groups in total. The number of carboxylic acids is 1. The number of pyridine rings is 2. The van der Waals surface area contributed by atoms with Gasteiger partial charge in [-0.1, -0.05) is 0 Å². The third-order valence-electron chi connectivity index (χ3n) is 3.19. The van der Waals surface area contributed by atoms with Gasteiger partial charge in [0, 0.05) is 24.2 Å². The van der Waals surface area contributed by atoms with Gasteiger partial charge in [0.15, 0.2) is 5.69 Å². The second kappa shape index (κ2) is 5.28. The van der Waals surface area contributed by atoms with Crippen molar-refractivity contribution in [1.29, 1.82) is 0 Å². The summed E-state index contributed by atoms with van der Waals surface area (Å²) < 4.78 is 6.26. The second-order valence-electron chi connectivity index (χ2n) is 4.49. The van der Waals surface area contributed by atoms with Crippen LogP contribution < -0.4 is 0 Å². The van der Waals surface area contributed by atoms with Crippen LogP contribution in [0.3, 0.4) is 0 Å². The third-order valence-corrected chi connectivity index (χ3v) is 3.19. The highest BCUT2D eigenvalue weighted by molar-refractivity contribution is 5.97. The molecule has 0 aliphatic carbocycles. The molecular formula is C15H11N3O4. The number of esters is 1. The van der Waals surface area contributed by atoms with E-state index in [2.05, 4.69) is 14.7 Å². The van der Waals surface area contributed by atoms with E-state index in [1.807, 2.05) is 0 Å². The van der Waals surface area contributed by atoms with E-state index >= 15 is 0 Å². The van der Waals surface area contributed by atoms with Crippen LogP contribution in [0, 0.1) is 0 Å². The molecular weight excluding hydrogens is 286 g/mol. The summed E-state index contributed by atoms with van der Waals surface area (Å²) in [6.45, 7) is 0. The lowest BCUT2D eigenvalue weighted by atomic mass is 10.2. The summed E-state index contributed by atoms with van der Waals surface area (Å²) in [5, 5.41) is 9.32. The van der Waals surface area contributed by atoms with Crippen molar-refractivity contribution in [3.05, 3.63) is 54.1 Å². The predicted molar refractivity (Wildman–Crippen MR) is 76.7 cm³/mol. The number of aromatic carboxylic acids is 1. The smallest absolute Gasteiger partial charge is 0.356 e. The monoisotopic (exact) mass is 297 g/mol. The Morgan fingerprint density at radius 2 is 2.14 bits per heavy atom. The zero-order valence-corrected chi connectivity index (χ0v) is 11.6. The number of hydrogen-bond acceptors (Lipinski definition) is 5. The Labute approximate surface area is 124 Å². The lowest BCUT2D eigenvalue weighted by Gasteiger charge is -2.03. The van der Waals surface area contributed by atoms with Crippen molar-refractivity contribution in [2.24, 2.45) is 0 Å². The second-order valence-corrected chi connectivity index (χ2v) is 4.49. The zero-order chi connectivity index (χ0) is 15.7. The van der Waals surface area contributed by atoms with Crippen LogP contribution in [0.1, 0.15) is 20.8 Å². The van der Waals surface area contributed by atoms with Gasteiger partial charge in [0.1, 0.15) is 5.82 Å². The van der Waals surface area contributed by atoms with Crippen LogP contribution in [0.5, 0.6) is 0 Å². The van der Waals surface area contributed by atoms with Crippen molar-refractivity contribution >= 4 is 17.5 Å². The SMILES string of the molecule is COC(=O)c1ccn2c(-c3cccnc3)nc(C(=O)O)c2c1. The largest absolute Gasteiger partial charge is 0.476 e. The molecule has 7 nitrogen and oxygen atoms in total. The Bertz CT molecular complexity index is 871. The number of carboxylic acid groups (broad SMARTS) is 1. The van der Waals surface area contributed by atoms with Gasteiger partial charge in [0.05, 0.1) is 18.2 Å². The van der Waals surface area contributed by atoms with Crippen molar-refractivity contribution in [3.63, 3.8) is 0 Å². The van der Waals surface area contributed by atoms with Crippen LogP contribution in [-0.4, -0.2) is 38.5 Å². The molecule has 0 fully saturated rings. The topological polar surface area (TPSA) is 93.8 Å². The normalized spacial score (nSPS) is 10.6. The van der Waals surface area contributed by atoms with Crippen LogP contribution >= 0.6 is 0 Å². The summed E-state index contributed by atoms with van der Waals surface area (Å²) in [6, 6.07) is 6.51. The number of aromatic nitrogens is 3. The van der Waals surface area contributed by atoms with E-state index in [0.29, 0.717) is 16.9 Å². The Kier molecular flexibility index (Phi) is 3.30. The maximum absolute atomic E-state index is 11.6. The lowest BCUT2D eigenvalue weighted by Crippen LogP contribution is -2.03. The van der Waals surface area contributed by atoms with E-state index < -0.39 is 11.9 Å². The standard InChI is InChI=1S/C15H11N3O4/c1-22-15(21)9-4-6-18-11(7-9)12(14(19)20)17-13(18)10-3-2-5-16-8-10/h2-8H,1H3,(H,19,20). The fourth-order valence-corrected chi connectivity index (χ4v) is 2.19. The zero-order valence-electron chi connectivity index (χ0n) is 11.6. The number of carbonyl (C=O) groups excluding carboxylic acids is 1. The van der Waals surface area contributed by atoms with Crippen molar-refractivity contribution in [3.8, 4) is 11.4 Å². The average Bonchev–Trinajstić information content (AvgIpc) is 2.94. The number of carbonyl (C=O) groups is 2. The van der Waals surface area contributed by atoms with Crippen molar-refractivity contribution in [2.45, 2.75) is 0 Å². The molecule has 0 aliphatic heterocycles. The van der Waals surface area contributed by atoms with Crippen molar-refractivity contribution < 1.29 is 19.4 Å². The van der Waals surface area contributed by atoms with Crippen LogP contribution in [0.25, 0.3) is 16.9 Å². The molecule has 110 valence electrons. The maximum Gasteiger partial charge on any atom is 0.356 e. The first-order chi connectivity index (χ1) is 10.6. The molecule has 0 saturated heterocycles. The van der Waals surface area contributed by atoms with Crippen LogP contribution in [0.4, 0.5) is 0 Å². The molecule has 0 bridgehead atoms. The van der Waals surface area contributed by atoms with E-state index in [0.717, 1.165) is 0 Å². The highest BCUT2D eigenvalue weighted by Crippen LogP contribution is 2.23. The predicted octanol–water partition coefficient (Wildman–Crippen LogP) is 1.88. The third kappa shape index (κ3) is 2.18. The molecule has 7 heteroatoms. The molecule has 0 aromatic carbocycles. The van der Waals surface area contributed by atoms with E-state index in [-0.39, 0.29) is 11.3 Å². The van der Waals surface area contributed by atoms with Gasteiger partial charge in [-0.25, -0.2) is 14.6 Å². The molecule has 3 aromatic heterocycles. The fraction of sp³-hybridized carbons (Fsp3) is 0.0667. The van der Waals surface area contributed by atoms with E-state index in [1.165, 1.54) is 13.2 Å². The highest BCUT2D eigenvalue weighted by Gasteiger charge is 2.19. The summed E-state index contributed by atoms with van der Waals surface area (Å²) in [6.07, 6.45) is 4.80. The number of fused-ring (bicyclic) bond motifs is 1. The summed E-state index contributed by atoms with van der Waals surface area (Å²) in [5.74, 6) is -1.27. The van der Waals surface area contributed by atoms with E-state index in [1.54, 1.807) is 41.2 Å². The maximum atomic E-state index is 11.6. The fourth-order valence-electron chi connectivity index (χ4n) is 2.19. The number of hydrogen-bond donors (Lipinski definition) is 1. The molecule has 3 rings (SSSR count). The molecule has 0 aliphatic rings. The molecule has 0 spiro atoms. The van der Waals surface area contributed by atoms with Crippen LogP contribution in [-0.2, 0) is 4.74 Å². The summed E-state index contributed by atoms with van der Waals surface area (Å²) >= 11 is 0. The highest BCUT2D eigenvalue weighted by atomic mass is 16.5. The number of nitrogens with zero attached hydrogens (tertiary/aromatic N) is 3. The Balaban J connectivity index is 2.28. The Hall–Kier alpha value is -3.22. The van der Waals surface area contributed by atoms with Gasteiger partial charge in [-0.2, -0.15) is 0 Å². The summed E-state index contributed by atoms with van der Waals surface area (Å²) in [5.41, 5.74) is 1.12. The molecule has 3 aromatic rings. The number of rotatable bonds is 3. The van der Waals surface area contributed by atoms with Crippen molar-refractivity contribution in [1.82, 2.24) is 14.4 Å². The molecule has 0 saturated carbocycles. The van der Waals surface area contributed by atoms with Gasteiger partial charge in [0.25, 0.3) is 0 Å². The molecule has 3 heterocycles. The van der Waals surface area contributed by atoms with Gasteiger partial charge in [-0.3, -0.25) is 9.38 Å². The molecule has 0 amide bonds. The van der Waals surface area contributed by atoms with Gasteiger partial charge in [0.2, 0.25) is 0 Å². The summed E-state index contributed by atoms with van der Waals surface area (Å²) in [4.78, 5) is 31.2. The first kappa shape index (κ1) is 13.7. The number of methoxy groups -OCH3 is 1. The van der Waals surface area contributed by atoms with Gasteiger partial charge in [-0.05, 0) is 24.3 Å². The molecule has 0 atom stereocenters.